The first-order valence-corrected chi connectivity index (χ1v) is 7.69. The second kappa shape index (κ2) is 7.79. The maximum Gasteiger partial charge on any atom is 0.255 e. The highest BCUT2D eigenvalue weighted by Crippen LogP contribution is 2.23. The van der Waals surface area contributed by atoms with E-state index in [9.17, 15) is 4.79 Å². The predicted octanol–water partition coefficient (Wildman–Crippen LogP) is 4.10. The van der Waals surface area contributed by atoms with E-state index < -0.39 is 0 Å². The smallest absolute Gasteiger partial charge is 0.255 e. The van der Waals surface area contributed by atoms with Crippen LogP contribution in [-0.4, -0.2) is 19.6 Å². The lowest BCUT2D eigenvalue weighted by Gasteiger charge is -2.13. The first-order chi connectivity index (χ1) is 11.1. The Kier molecular flexibility index (Phi) is 5.77. The molecule has 0 saturated carbocycles. The molecule has 122 valence electrons. The van der Waals surface area contributed by atoms with Crippen molar-refractivity contribution in [2.24, 2.45) is 0 Å². The fraction of sp³-hybridized carbons (Fsp3) is 0.316. The summed E-state index contributed by atoms with van der Waals surface area (Å²) in [4.78, 5) is 12.5. The van der Waals surface area contributed by atoms with Crippen LogP contribution in [-0.2, 0) is 11.3 Å². The molecule has 23 heavy (non-hydrogen) atoms. The number of carbonyl (C=O) groups is 1. The predicted molar refractivity (Wildman–Crippen MR) is 92.2 cm³/mol. The summed E-state index contributed by atoms with van der Waals surface area (Å²) in [6.07, 6.45) is 0. The van der Waals surface area contributed by atoms with Gasteiger partial charge in [0.05, 0.1) is 13.2 Å². The second-order valence-corrected chi connectivity index (χ2v) is 5.39. The van der Waals surface area contributed by atoms with Crippen molar-refractivity contribution in [2.45, 2.75) is 27.4 Å². The van der Waals surface area contributed by atoms with Crippen molar-refractivity contribution < 1.29 is 14.3 Å². The van der Waals surface area contributed by atoms with Crippen molar-refractivity contribution in [1.29, 1.82) is 0 Å². The number of methoxy groups -OCH3 is 1. The third-order valence-corrected chi connectivity index (χ3v) is 3.78. The minimum Gasteiger partial charge on any atom is -0.494 e. The van der Waals surface area contributed by atoms with Gasteiger partial charge in [0.1, 0.15) is 5.75 Å². The van der Waals surface area contributed by atoms with Crippen molar-refractivity contribution >= 4 is 11.6 Å². The molecule has 0 spiro atoms. The third-order valence-electron chi connectivity index (χ3n) is 3.78. The molecule has 1 N–H and O–H groups in total. The Balaban J connectivity index is 2.25. The molecule has 0 unspecified atom stereocenters. The van der Waals surface area contributed by atoms with Gasteiger partial charge in [0.25, 0.3) is 5.91 Å². The van der Waals surface area contributed by atoms with Gasteiger partial charge in [-0.15, -0.1) is 0 Å². The number of hydrogen-bond donors (Lipinski definition) is 1. The lowest BCUT2D eigenvalue weighted by atomic mass is 10.1. The van der Waals surface area contributed by atoms with E-state index in [4.69, 9.17) is 9.47 Å². The number of benzene rings is 2. The number of aryl methyl sites for hydroxylation is 1. The van der Waals surface area contributed by atoms with E-state index in [1.165, 1.54) is 0 Å². The number of ether oxygens (including phenoxy) is 2. The van der Waals surface area contributed by atoms with Gasteiger partial charge in [0.15, 0.2) is 0 Å². The Morgan fingerprint density at radius 3 is 2.65 bits per heavy atom. The summed E-state index contributed by atoms with van der Waals surface area (Å²) in [5.41, 5.74) is 4.50. The van der Waals surface area contributed by atoms with Gasteiger partial charge >= 0.3 is 0 Å². The zero-order valence-electron chi connectivity index (χ0n) is 14.1. The van der Waals surface area contributed by atoms with Gasteiger partial charge in [-0.05, 0) is 56.2 Å². The Labute approximate surface area is 137 Å². The SMILES string of the molecule is CCOc1ccc(C(=O)Nc2cccc(C)c2C)cc1COC. The van der Waals surface area contributed by atoms with Crippen molar-refractivity contribution in [2.75, 3.05) is 19.0 Å². The largest absolute Gasteiger partial charge is 0.494 e. The maximum atomic E-state index is 12.5. The molecule has 4 nitrogen and oxygen atoms in total. The Hall–Kier alpha value is -2.33. The molecule has 4 heteroatoms. The Bertz CT molecular complexity index is 695. The molecular weight excluding hydrogens is 290 g/mol. The van der Waals surface area contributed by atoms with Crippen LogP contribution < -0.4 is 10.1 Å². The Morgan fingerprint density at radius 2 is 1.96 bits per heavy atom. The minimum absolute atomic E-state index is 0.140. The topological polar surface area (TPSA) is 47.6 Å². The Morgan fingerprint density at radius 1 is 1.17 bits per heavy atom. The van der Waals surface area contributed by atoms with Gasteiger partial charge < -0.3 is 14.8 Å². The normalized spacial score (nSPS) is 10.4. The summed E-state index contributed by atoms with van der Waals surface area (Å²) in [5, 5.41) is 2.97. The summed E-state index contributed by atoms with van der Waals surface area (Å²) < 4.78 is 10.8. The molecule has 0 fully saturated rings. The first kappa shape index (κ1) is 17.0. The van der Waals surface area contributed by atoms with Crippen LogP contribution in [0, 0.1) is 13.8 Å². The fourth-order valence-corrected chi connectivity index (χ4v) is 2.37. The second-order valence-electron chi connectivity index (χ2n) is 5.39. The zero-order chi connectivity index (χ0) is 16.8. The lowest BCUT2D eigenvalue weighted by molar-refractivity contribution is 0.102. The van der Waals surface area contributed by atoms with Gasteiger partial charge in [-0.1, -0.05) is 12.1 Å². The average Bonchev–Trinajstić information content (AvgIpc) is 2.54. The van der Waals surface area contributed by atoms with Crippen LogP contribution >= 0.6 is 0 Å². The number of nitrogens with one attached hydrogen (secondary N) is 1. The fourth-order valence-electron chi connectivity index (χ4n) is 2.37. The van der Waals surface area contributed by atoms with Gasteiger partial charge in [0.2, 0.25) is 0 Å². The van der Waals surface area contributed by atoms with Gasteiger partial charge in [-0.25, -0.2) is 0 Å². The van der Waals surface area contributed by atoms with Gasteiger partial charge in [-0.2, -0.15) is 0 Å². The third kappa shape index (κ3) is 4.11. The first-order valence-electron chi connectivity index (χ1n) is 7.69. The highest BCUT2D eigenvalue weighted by Gasteiger charge is 2.12. The van der Waals surface area contributed by atoms with Gasteiger partial charge in [0, 0.05) is 23.9 Å². The van der Waals surface area contributed by atoms with Crippen LogP contribution in [0.4, 0.5) is 5.69 Å². The van der Waals surface area contributed by atoms with Crippen molar-refractivity contribution in [1.82, 2.24) is 0 Å². The molecule has 0 aromatic heterocycles. The van der Waals surface area contributed by atoms with E-state index in [2.05, 4.69) is 5.32 Å². The number of anilines is 1. The van der Waals surface area contributed by atoms with E-state index in [-0.39, 0.29) is 5.91 Å². The van der Waals surface area contributed by atoms with Crippen LogP contribution in [0.3, 0.4) is 0 Å². The van der Waals surface area contributed by atoms with Crippen LogP contribution in [0.2, 0.25) is 0 Å². The van der Waals surface area contributed by atoms with Crippen molar-refractivity contribution in [3.63, 3.8) is 0 Å². The molecule has 0 radical (unpaired) electrons. The molecule has 0 bridgehead atoms. The quantitative estimate of drug-likeness (QED) is 0.873. The number of amides is 1. The van der Waals surface area contributed by atoms with Crippen LogP contribution in [0.15, 0.2) is 36.4 Å². The molecule has 0 aliphatic rings. The standard InChI is InChI=1S/C19H23NO3/c1-5-23-18-10-9-15(11-16(18)12-22-4)19(21)20-17-8-6-7-13(2)14(17)3/h6-11H,5,12H2,1-4H3,(H,20,21). The summed E-state index contributed by atoms with van der Waals surface area (Å²) in [6.45, 7) is 6.93. The van der Waals surface area contributed by atoms with E-state index in [1.807, 2.05) is 51.1 Å². The van der Waals surface area contributed by atoms with Crippen LogP contribution in [0.1, 0.15) is 34.0 Å². The molecule has 2 aromatic carbocycles. The van der Waals surface area contributed by atoms with Crippen molar-refractivity contribution in [3.8, 4) is 5.75 Å². The highest BCUT2D eigenvalue weighted by atomic mass is 16.5. The van der Waals surface area contributed by atoms with Gasteiger partial charge in [-0.3, -0.25) is 4.79 Å². The van der Waals surface area contributed by atoms with E-state index in [1.54, 1.807) is 13.2 Å². The molecule has 2 rings (SSSR count). The molecule has 0 atom stereocenters. The summed E-state index contributed by atoms with van der Waals surface area (Å²) >= 11 is 0. The van der Waals surface area contributed by atoms with E-state index in [0.29, 0.717) is 18.8 Å². The van der Waals surface area contributed by atoms with Crippen LogP contribution in [0.5, 0.6) is 5.75 Å². The molecule has 1 amide bonds. The monoisotopic (exact) mass is 313 g/mol. The maximum absolute atomic E-state index is 12.5. The zero-order valence-corrected chi connectivity index (χ0v) is 14.1. The summed E-state index contributed by atoms with van der Waals surface area (Å²) in [6, 6.07) is 11.3. The number of hydrogen-bond acceptors (Lipinski definition) is 3. The van der Waals surface area contributed by atoms with Crippen molar-refractivity contribution in [3.05, 3.63) is 58.7 Å². The highest BCUT2D eigenvalue weighted by molar-refractivity contribution is 6.04. The summed E-state index contributed by atoms with van der Waals surface area (Å²) in [7, 11) is 1.62. The number of rotatable bonds is 6. The molecule has 0 aliphatic carbocycles. The molecule has 2 aromatic rings. The molecule has 0 saturated heterocycles. The van der Waals surface area contributed by atoms with E-state index in [0.717, 1.165) is 28.1 Å². The average molecular weight is 313 g/mol. The van der Waals surface area contributed by atoms with Crippen LogP contribution in [0.25, 0.3) is 0 Å². The molecular formula is C19H23NO3. The lowest BCUT2D eigenvalue weighted by Crippen LogP contribution is -2.14. The molecule has 0 heterocycles. The summed E-state index contributed by atoms with van der Waals surface area (Å²) in [5.74, 6) is 0.608. The van der Waals surface area contributed by atoms with E-state index >= 15 is 0 Å². The molecule has 0 aliphatic heterocycles. The number of carbonyl (C=O) groups excluding carboxylic acids is 1. The minimum atomic E-state index is -0.140.